The largest absolute Gasteiger partial charge is 0.500 e. The summed E-state index contributed by atoms with van der Waals surface area (Å²) in [6.07, 6.45) is -11.8. The number of carbonyl (C=O) groups excluding carboxylic acids is 1. The van der Waals surface area contributed by atoms with E-state index in [0.29, 0.717) is 0 Å². The molecule has 0 aromatic rings. The zero-order valence-corrected chi connectivity index (χ0v) is 6.17. The molecule has 0 aliphatic rings. The van der Waals surface area contributed by atoms with Gasteiger partial charge in [0.2, 0.25) is 0 Å². The zero-order chi connectivity index (χ0) is 10.9. The van der Waals surface area contributed by atoms with Crippen LogP contribution in [0, 0.1) is 0 Å². The number of hydrogen-bond donors (Lipinski definition) is 0. The quantitative estimate of drug-likeness (QED) is 0.301. The fraction of sp³-hybridized carbons (Fsp3) is 0.667. The molecular weight excluding hydrogens is 231 g/mol. The van der Waals surface area contributed by atoms with Gasteiger partial charge in [0.1, 0.15) is 0 Å². The second kappa shape index (κ2) is 3.58. The van der Waals surface area contributed by atoms with Crippen molar-refractivity contribution in [3.8, 4) is 0 Å². The zero-order valence-electron chi connectivity index (χ0n) is 5.41. The molecule has 0 aromatic heterocycles. The summed E-state index contributed by atoms with van der Waals surface area (Å²) in [6.45, 7) is 0. The lowest BCUT2D eigenvalue weighted by atomic mass is 10.9. The van der Waals surface area contributed by atoms with E-state index in [2.05, 4.69) is 16.4 Å². The van der Waals surface area contributed by atoms with Crippen molar-refractivity contribution in [3.63, 3.8) is 0 Å². The molecule has 0 radical (unpaired) electrons. The molecule has 0 bridgehead atoms. The van der Waals surface area contributed by atoms with E-state index in [1.807, 2.05) is 0 Å². The molecule has 0 amide bonds. The van der Waals surface area contributed by atoms with Gasteiger partial charge < -0.3 is 4.84 Å². The fourth-order valence-electron chi connectivity index (χ4n) is 0.319. The normalized spacial score (nSPS) is 13.2. The minimum Gasteiger partial charge on any atom is -0.339 e. The second-order valence-electron chi connectivity index (χ2n) is 1.56. The first-order chi connectivity index (χ1) is 5.55. The van der Waals surface area contributed by atoms with Crippen molar-refractivity contribution >= 4 is 17.0 Å². The van der Waals surface area contributed by atoms with Gasteiger partial charge in [-0.05, 0) is 0 Å². The Hall–Kier alpha value is -0.700. The van der Waals surface area contributed by atoms with E-state index >= 15 is 0 Å². The summed E-state index contributed by atoms with van der Waals surface area (Å²) in [7, 11) is 0. The average molecular weight is 231 g/mol. The molecule has 0 N–H and O–H groups in total. The Morgan fingerprint density at radius 1 is 1.08 bits per heavy atom. The third-order valence-electron chi connectivity index (χ3n) is 0.624. The second-order valence-corrected chi connectivity index (χ2v) is 1.87. The SMILES string of the molecule is O=C(Cl)ON(C(F)(F)F)C(F)(F)F. The molecule has 0 saturated carbocycles. The van der Waals surface area contributed by atoms with Crippen molar-refractivity contribution in [1.82, 2.24) is 5.06 Å². The van der Waals surface area contributed by atoms with Gasteiger partial charge in [-0.15, -0.1) is 0 Å². The first-order valence-corrected chi connectivity index (χ1v) is 2.74. The standard InChI is InChI=1S/C3ClF6NO2/c4-1(12)13-11(2(5,6)7)3(8,9)10. The first-order valence-electron chi connectivity index (χ1n) is 2.36. The van der Waals surface area contributed by atoms with E-state index in [-0.39, 0.29) is 0 Å². The summed E-state index contributed by atoms with van der Waals surface area (Å²) in [6, 6.07) is 0. The molecule has 0 heterocycles. The molecule has 0 saturated heterocycles. The molecule has 0 fully saturated rings. The van der Waals surface area contributed by atoms with E-state index in [4.69, 9.17) is 0 Å². The highest BCUT2D eigenvalue weighted by atomic mass is 35.5. The third kappa shape index (κ3) is 4.18. The highest BCUT2D eigenvalue weighted by molar-refractivity contribution is 6.61. The van der Waals surface area contributed by atoms with Gasteiger partial charge in [-0.2, -0.15) is 26.3 Å². The fourth-order valence-corrected chi connectivity index (χ4v) is 0.388. The van der Waals surface area contributed by atoms with E-state index in [1.54, 1.807) is 0 Å². The van der Waals surface area contributed by atoms with Gasteiger partial charge in [-0.3, -0.25) is 0 Å². The van der Waals surface area contributed by atoms with Crippen molar-refractivity contribution in [2.24, 2.45) is 0 Å². The number of alkyl halides is 6. The molecule has 0 unspecified atom stereocenters. The van der Waals surface area contributed by atoms with Crippen LogP contribution in [0.25, 0.3) is 0 Å². The number of nitrogens with zero attached hydrogens (tertiary/aromatic N) is 1. The van der Waals surface area contributed by atoms with Gasteiger partial charge in [0.05, 0.1) is 5.06 Å². The minimum atomic E-state index is -5.89. The predicted octanol–water partition coefficient (Wildman–Crippen LogP) is 2.62. The summed E-state index contributed by atoms with van der Waals surface area (Å²) >= 11 is 4.18. The maximum atomic E-state index is 11.4. The van der Waals surface area contributed by atoms with Gasteiger partial charge >= 0.3 is 18.0 Å². The van der Waals surface area contributed by atoms with Crippen LogP contribution in [0.2, 0.25) is 0 Å². The Morgan fingerprint density at radius 2 is 1.38 bits per heavy atom. The summed E-state index contributed by atoms with van der Waals surface area (Å²) in [4.78, 5) is 12.3. The van der Waals surface area contributed by atoms with Gasteiger partial charge in [-0.25, -0.2) is 4.79 Å². The highest BCUT2D eigenvalue weighted by Gasteiger charge is 2.57. The molecule has 0 aliphatic heterocycles. The Morgan fingerprint density at radius 3 is 1.46 bits per heavy atom. The van der Waals surface area contributed by atoms with Crippen LogP contribution in [-0.4, -0.2) is 23.1 Å². The Bertz CT molecular complexity index is 185. The molecule has 13 heavy (non-hydrogen) atoms. The van der Waals surface area contributed by atoms with E-state index in [0.717, 1.165) is 0 Å². The van der Waals surface area contributed by atoms with Crippen molar-refractivity contribution in [2.75, 3.05) is 0 Å². The summed E-state index contributed by atoms with van der Waals surface area (Å²) in [5.74, 6) is 0. The lowest BCUT2D eigenvalue weighted by Crippen LogP contribution is -2.48. The Labute approximate surface area is 71.8 Å². The highest BCUT2D eigenvalue weighted by Crippen LogP contribution is 2.33. The summed E-state index contributed by atoms with van der Waals surface area (Å²) in [5.41, 5.74) is -2.24. The molecule has 10 heteroatoms. The van der Waals surface area contributed by atoms with Crippen LogP contribution in [-0.2, 0) is 4.84 Å². The molecule has 0 spiro atoms. The van der Waals surface area contributed by atoms with E-state index < -0.39 is 23.1 Å². The third-order valence-corrected chi connectivity index (χ3v) is 0.693. The van der Waals surface area contributed by atoms with Crippen LogP contribution in [0.3, 0.4) is 0 Å². The van der Waals surface area contributed by atoms with Crippen LogP contribution < -0.4 is 0 Å². The van der Waals surface area contributed by atoms with Gasteiger partial charge in [0, 0.05) is 11.6 Å². The van der Waals surface area contributed by atoms with Crippen LogP contribution >= 0.6 is 11.6 Å². The summed E-state index contributed by atoms with van der Waals surface area (Å²) < 4.78 is 68.7. The maximum absolute atomic E-state index is 11.4. The maximum Gasteiger partial charge on any atom is 0.500 e. The topological polar surface area (TPSA) is 29.5 Å². The molecule has 0 atom stereocenters. The van der Waals surface area contributed by atoms with Crippen LogP contribution in [0.15, 0.2) is 0 Å². The van der Waals surface area contributed by atoms with E-state index in [1.165, 1.54) is 0 Å². The predicted molar refractivity (Wildman–Crippen MR) is 26.3 cm³/mol. The van der Waals surface area contributed by atoms with Crippen molar-refractivity contribution < 1.29 is 36.0 Å². The first kappa shape index (κ1) is 12.3. The number of halogens is 7. The van der Waals surface area contributed by atoms with Crippen molar-refractivity contribution in [2.45, 2.75) is 12.6 Å². The monoisotopic (exact) mass is 231 g/mol. The Balaban J connectivity index is 4.68. The molecule has 0 rings (SSSR count). The van der Waals surface area contributed by atoms with Crippen molar-refractivity contribution in [1.29, 1.82) is 0 Å². The number of hydrogen-bond acceptors (Lipinski definition) is 3. The molecular formula is C3ClF6NO2. The number of rotatable bonds is 1. The van der Waals surface area contributed by atoms with Crippen molar-refractivity contribution in [3.05, 3.63) is 0 Å². The molecule has 0 aromatic carbocycles. The average Bonchev–Trinajstić information content (AvgIpc) is 1.77. The van der Waals surface area contributed by atoms with Gasteiger partial charge in [0.15, 0.2) is 0 Å². The smallest absolute Gasteiger partial charge is 0.339 e. The molecule has 3 nitrogen and oxygen atoms in total. The van der Waals surface area contributed by atoms with Crippen LogP contribution in [0.5, 0.6) is 0 Å². The van der Waals surface area contributed by atoms with Gasteiger partial charge in [-0.1, -0.05) is 0 Å². The van der Waals surface area contributed by atoms with Gasteiger partial charge in [0.25, 0.3) is 0 Å². The van der Waals surface area contributed by atoms with Crippen LogP contribution in [0.1, 0.15) is 0 Å². The van der Waals surface area contributed by atoms with Crippen LogP contribution in [0.4, 0.5) is 31.1 Å². The minimum absolute atomic E-state index is 2.24. The summed E-state index contributed by atoms with van der Waals surface area (Å²) in [5, 5.41) is -2.41. The number of carbonyl (C=O) groups is 1. The lowest BCUT2D eigenvalue weighted by Gasteiger charge is -2.23. The Kier molecular flexibility index (Phi) is 3.39. The van der Waals surface area contributed by atoms with E-state index in [9.17, 15) is 31.1 Å². The lowest BCUT2D eigenvalue weighted by molar-refractivity contribution is -0.462. The molecule has 0 aliphatic carbocycles. The molecule has 78 valence electrons. The number of hydroxylamine groups is 2.